The number of aromatic hydroxyl groups is 1. The third-order valence-electron chi connectivity index (χ3n) is 3.34. The highest BCUT2D eigenvalue weighted by Gasteiger charge is 2.31. The van der Waals surface area contributed by atoms with Gasteiger partial charge in [-0.2, -0.15) is 0 Å². The fourth-order valence-electron chi connectivity index (χ4n) is 2.20. The number of para-hydroxylation sites is 1. The van der Waals surface area contributed by atoms with Crippen molar-refractivity contribution < 1.29 is 9.90 Å². The quantitative estimate of drug-likeness (QED) is 0.453. The average molecular weight is 402 g/mol. The van der Waals surface area contributed by atoms with E-state index in [0.29, 0.717) is 21.8 Å². The number of halogens is 3. The van der Waals surface area contributed by atoms with Crippen molar-refractivity contribution in [3.05, 3.63) is 42.0 Å². The Morgan fingerprint density at radius 2 is 1.96 bits per heavy atom. The number of nitrogens with one attached hydrogen (secondary N) is 1. The zero-order valence-electron chi connectivity index (χ0n) is 12.3. The maximum absolute atomic E-state index is 11.8. The van der Waals surface area contributed by atoms with Crippen LogP contribution in [0.4, 0.5) is 5.69 Å². The predicted octanol–water partition coefficient (Wildman–Crippen LogP) is 5.29. The first-order valence-electron chi connectivity index (χ1n) is 6.83. The van der Waals surface area contributed by atoms with Gasteiger partial charge in [-0.05, 0) is 36.8 Å². The van der Waals surface area contributed by atoms with E-state index in [2.05, 4.69) is 10.3 Å². The molecule has 124 valence electrons. The van der Waals surface area contributed by atoms with Gasteiger partial charge in [0.2, 0.25) is 0 Å². The Hall–Kier alpha value is -1.53. The molecule has 1 aromatic heterocycles. The number of hydrogen-bond donors (Lipinski definition) is 2. The lowest BCUT2D eigenvalue weighted by Crippen LogP contribution is -2.26. The molecule has 0 fully saturated rings. The van der Waals surface area contributed by atoms with E-state index in [-0.39, 0.29) is 5.75 Å². The van der Waals surface area contributed by atoms with Crippen molar-refractivity contribution in [1.82, 2.24) is 4.98 Å². The van der Waals surface area contributed by atoms with E-state index >= 15 is 0 Å². The van der Waals surface area contributed by atoms with E-state index in [0.717, 1.165) is 10.2 Å². The van der Waals surface area contributed by atoms with Crippen molar-refractivity contribution in [2.24, 2.45) is 0 Å². The number of fused-ring (bicyclic) bond motifs is 1. The number of anilines is 1. The summed E-state index contributed by atoms with van der Waals surface area (Å²) < 4.78 is -1.07. The van der Waals surface area contributed by atoms with E-state index in [1.807, 2.05) is 24.3 Å². The van der Waals surface area contributed by atoms with Gasteiger partial charge in [-0.1, -0.05) is 46.9 Å². The first-order chi connectivity index (χ1) is 11.3. The maximum Gasteiger partial charge on any atom is 0.276 e. The highest BCUT2D eigenvalue weighted by molar-refractivity contribution is 7.21. The van der Waals surface area contributed by atoms with Gasteiger partial charge >= 0.3 is 0 Å². The molecule has 2 aromatic carbocycles. The number of rotatable bonds is 2. The van der Waals surface area contributed by atoms with Gasteiger partial charge in [-0.15, -0.1) is 11.3 Å². The summed E-state index contributed by atoms with van der Waals surface area (Å²) in [5, 5.41) is 13.5. The molecule has 0 aliphatic heterocycles. The molecule has 1 amide bonds. The number of phenolic OH excluding ortho intramolecular Hbond substituents is 1. The monoisotopic (exact) mass is 400 g/mol. The Morgan fingerprint density at radius 3 is 2.62 bits per heavy atom. The molecular formula is C16H11Cl3N2O2S. The van der Waals surface area contributed by atoms with Crippen molar-refractivity contribution in [3.8, 4) is 16.3 Å². The SMILES string of the molecule is Cc1cc(NC(=O)C(Cl)(Cl)Cl)cc(-c2nc3ccccc3s2)c1O. The topological polar surface area (TPSA) is 62.2 Å². The van der Waals surface area contributed by atoms with Crippen molar-refractivity contribution in [2.75, 3.05) is 5.32 Å². The standard InChI is InChI=1S/C16H11Cl3N2O2S/c1-8-6-9(20-15(23)16(17,18)19)7-10(13(8)22)14-21-11-4-2-3-5-12(11)24-14/h2-7,22H,1H3,(H,20,23). The number of aryl methyl sites for hydroxylation is 1. The van der Waals surface area contributed by atoms with Gasteiger partial charge in [-0.25, -0.2) is 4.98 Å². The molecule has 0 unspecified atom stereocenters. The number of amides is 1. The normalized spacial score (nSPS) is 11.7. The van der Waals surface area contributed by atoms with E-state index in [1.54, 1.807) is 19.1 Å². The van der Waals surface area contributed by atoms with Crippen molar-refractivity contribution in [1.29, 1.82) is 0 Å². The van der Waals surface area contributed by atoms with Gasteiger partial charge in [-0.3, -0.25) is 4.79 Å². The fraction of sp³-hybridized carbons (Fsp3) is 0.125. The summed E-state index contributed by atoms with van der Waals surface area (Å²) in [5.74, 6) is -0.672. The molecule has 0 saturated heterocycles. The van der Waals surface area contributed by atoms with Gasteiger partial charge < -0.3 is 10.4 Å². The van der Waals surface area contributed by atoms with Crippen LogP contribution in [-0.2, 0) is 4.79 Å². The van der Waals surface area contributed by atoms with Crippen LogP contribution in [0.2, 0.25) is 0 Å². The second kappa shape index (κ2) is 6.41. The average Bonchev–Trinajstić information content (AvgIpc) is 2.93. The Labute approximate surface area is 157 Å². The Morgan fingerprint density at radius 1 is 1.25 bits per heavy atom. The number of thiazole rings is 1. The summed E-state index contributed by atoms with van der Waals surface area (Å²) in [6, 6.07) is 10.9. The van der Waals surface area contributed by atoms with Crippen LogP contribution in [0.1, 0.15) is 5.56 Å². The van der Waals surface area contributed by atoms with Crippen molar-refractivity contribution in [2.45, 2.75) is 10.7 Å². The van der Waals surface area contributed by atoms with E-state index < -0.39 is 9.70 Å². The molecule has 0 atom stereocenters. The lowest BCUT2D eigenvalue weighted by molar-refractivity contribution is -0.115. The Kier molecular flexibility index (Phi) is 4.62. The third-order valence-corrected chi connectivity index (χ3v) is 4.92. The summed E-state index contributed by atoms with van der Waals surface area (Å²) in [7, 11) is 0. The van der Waals surface area contributed by atoms with Crippen LogP contribution in [0.5, 0.6) is 5.75 Å². The molecule has 2 N–H and O–H groups in total. The van der Waals surface area contributed by atoms with Crippen LogP contribution < -0.4 is 5.32 Å². The minimum absolute atomic E-state index is 0.0981. The first-order valence-corrected chi connectivity index (χ1v) is 8.78. The molecule has 0 saturated carbocycles. The second-order valence-corrected chi connectivity index (χ2v) is 8.44. The zero-order valence-corrected chi connectivity index (χ0v) is 15.4. The molecule has 4 nitrogen and oxygen atoms in total. The number of benzene rings is 2. The van der Waals surface area contributed by atoms with Gasteiger partial charge in [0.15, 0.2) is 0 Å². The minimum atomic E-state index is -2.07. The lowest BCUT2D eigenvalue weighted by atomic mass is 10.1. The van der Waals surface area contributed by atoms with Crippen LogP contribution in [-0.4, -0.2) is 19.8 Å². The van der Waals surface area contributed by atoms with Gasteiger partial charge in [0.25, 0.3) is 9.70 Å². The van der Waals surface area contributed by atoms with Gasteiger partial charge in [0.05, 0.1) is 15.8 Å². The summed E-state index contributed by atoms with van der Waals surface area (Å²) in [6.45, 7) is 1.72. The largest absolute Gasteiger partial charge is 0.507 e. The number of carbonyl (C=O) groups excluding carboxylic acids is 1. The number of hydrogen-bond acceptors (Lipinski definition) is 4. The van der Waals surface area contributed by atoms with Gasteiger partial charge in [0.1, 0.15) is 10.8 Å². The minimum Gasteiger partial charge on any atom is -0.507 e. The molecule has 3 aromatic rings. The van der Waals surface area contributed by atoms with E-state index in [9.17, 15) is 9.90 Å². The lowest BCUT2D eigenvalue weighted by Gasteiger charge is -2.14. The molecule has 24 heavy (non-hydrogen) atoms. The highest BCUT2D eigenvalue weighted by Crippen LogP contribution is 2.39. The molecular weight excluding hydrogens is 391 g/mol. The van der Waals surface area contributed by atoms with E-state index in [1.165, 1.54) is 11.3 Å². The smallest absolute Gasteiger partial charge is 0.276 e. The zero-order chi connectivity index (χ0) is 17.5. The van der Waals surface area contributed by atoms with Crippen molar-refractivity contribution in [3.63, 3.8) is 0 Å². The first kappa shape index (κ1) is 17.3. The van der Waals surface area contributed by atoms with Crippen LogP contribution in [0.15, 0.2) is 36.4 Å². The highest BCUT2D eigenvalue weighted by atomic mass is 35.6. The summed E-state index contributed by atoms with van der Waals surface area (Å²) in [4.78, 5) is 16.4. The molecule has 0 radical (unpaired) electrons. The summed E-state index contributed by atoms with van der Waals surface area (Å²) in [5.41, 5.74) is 2.34. The molecule has 0 bridgehead atoms. The summed E-state index contributed by atoms with van der Waals surface area (Å²) >= 11 is 18.2. The third kappa shape index (κ3) is 3.44. The van der Waals surface area contributed by atoms with Crippen molar-refractivity contribution >= 4 is 68.0 Å². The summed E-state index contributed by atoms with van der Waals surface area (Å²) in [6.07, 6.45) is 0. The van der Waals surface area contributed by atoms with E-state index in [4.69, 9.17) is 34.8 Å². The number of nitrogens with zero attached hydrogens (tertiary/aromatic N) is 1. The second-order valence-electron chi connectivity index (χ2n) is 5.13. The Bertz CT molecular complexity index is 902. The van der Waals surface area contributed by atoms with Crippen LogP contribution in [0, 0.1) is 6.92 Å². The Balaban J connectivity index is 2.06. The number of phenols is 1. The van der Waals surface area contributed by atoms with Gasteiger partial charge in [0, 0.05) is 5.69 Å². The molecule has 0 aliphatic carbocycles. The molecule has 0 aliphatic rings. The van der Waals surface area contributed by atoms with Crippen LogP contribution >= 0.6 is 46.1 Å². The maximum atomic E-state index is 11.8. The number of alkyl halides is 3. The molecule has 0 spiro atoms. The number of carbonyl (C=O) groups is 1. The fourth-order valence-corrected chi connectivity index (χ4v) is 3.33. The molecule has 3 rings (SSSR count). The predicted molar refractivity (Wildman–Crippen MR) is 100 cm³/mol. The van der Waals surface area contributed by atoms with Crippen LogP contribution in [0.3, 0.4) is 0 Å². The number of aromatic nitrogens is 1. The van der Waals surface area contributed by atoms with Crippen LogP contribution in [0.25, 0.3) is 20.8 Å². The molecule has 8 heteroatoms. The molecule has 1 heterocycles.